The summed E-state index contributed by atoms with van der Waals surface area (Å²) in [5.41, 5.74) is 4.32. The van der Waals surface area contributed by atoms with Crippen molar-refractivity contribution in [3.63, 3.8) is 0 Å². The summed E-state index contributed by atoms with van der Waals surface area (Å²) in [4.78, 5) is 17.7. The SMILES string of the molecule is CCc1c(C(=O)c2ccc(OCc3ccccc3)cc2)c2cc(OC)ncc2n1C. The summed E-state index contributed by atoms with van der Waals surface area (Å²) in [6, 6.07) is 19.2. The number of aromatic nitrogens is 2. The molecular formula is C25H24N2O3. The van der Waals surface area contributed by atoms with Gasteiger partial charge in [0.1, 0.15) is 12.4 Å². The lowest BCUT2D eigenvalue weighted by atomic mass is 9.99. The third-order valence-electron chi connectivity index (χ3n) is 5.32. The van der Waals surface area contributed by atoms with E-state index in [0.717, 1.165) is 34.3 Å². The van der Waals surface area contributed by atoms with Gasteiger partial charge in [-0.05, 0) is 36.2 Å². The highest BCUT2D eigenvalue weighted by Gasteiger charge is 2.22. The van der Waals surface area contributed by atoms with E-state index in [-0.39, 0.29) is 5.78 Å². The van der Waals surface area contributed by atoms with Crippen LogP contribution >= 0.6 is 0 Å². The highest BCUT2D eigenvalue weighted by atomic mass is 16.5. The van der Waals surface area contributed by atoms with Crippen molar-refractivity contribution in [1.29, 1.82) is 0 Å². The van der Waals surface area contributed by atoms with Crippen LogP contribution < -0.4 is 9.47 Å². The second-order valence-corrected chi connectivity index (χ2v) is 7.11. The van der Waals surface area contributed by atoms with Crippen molar-refractivity contribution in [2.45, 2.75) is 20.0 Å². The number of benzene rings is 2. The summed E-state index contributed by atoms with van der Waals surface area (Å²) in [7, 11) is 3.54. The molecule has 5 nitrogen and oxygen atoms in total. The van der Waals surface area contributed by atoms with E-state index in [0.29, 0.717) is 23.6 Å². The molecule has 152 valence electrons. The Morgan fingerprint density at radius 1 is 1.07 bits per heavy atom. The molecule has 0 N–H and O–H groups in total. The first-order chi connectivity index (χ1) is 14.6. The van der Waals surface area contributed by atoms with Crippen molar-refractivity contribution < 1.29 is 14.3 Å². The zero-order chi connectivity index (χ0) is 21.1. The van der Waals surface area contributed by atoms with E-state index in [2.05, 4.69) is 11.9 Å². The fraction of sp³-hybridized carbons (Fsp3) is 0.200. The molecule has 0 unspecified atom stereocenters. The van der Waals surface area contributed by atoms with E-state index in [1.165, 1.54) is 0 Å². The number of nitrogens with zero attached hydrogens (tertiary/aromatic N) is 2. The number of rotatable bonds is 7. The van der Waals surface area contributed by atoms with Gasteiger partial charge >= 0.3 is 0 Å². The molecule has 0 radical (unpaired) electrons. The van der Waals surface area contributed by atoms with Crippen LogP contribution in [0.4, 0.5) is 0 Å². The molecule has 0 saturated carbocycles. The molecule has 0 aliphatic rings. The maximum absolute atomic E-state index is 13.4. The van der Waals surface area contributed by atoms with Crippen LogP contribution in [-0.4, -0.2) is 22.4 Å². The first-order valence-corrected chi connectivity index (χ1v) is 9.95. The smallest absolute Gasteiger partial charge is 0.213 e. The van der Waals surface area contributed by atoms with Crippen molar-refractivity contribution in [2.75, 3.05) is 7.11 Å². The first-order valence-electron chi connectivity index (χ1n) is 9.95. The lowest BCUT2D eigenvalue weighted by molar-refractivity contribution is 0.103. The van der Waals surface area contributed by atoms with Gasteiger partial charge in [0.15, 0.2) is 5.78 Å². The molecule has 0 saturated heterocycles. The molecule has 0 aliphatic heterocycles. The Kier molecular flexibility index (Phi) is 5.53. The Morgan fingerprint density at radius 3 is 2.47 bits per heavy atom. The quantitative estimate of drug-likeness (QED) is 0.412. The van der Waals surface area contributed by atoms with E-state index in [4.69, 9.17) is 9.47 Å². The van der Waals surface area contributed by atoms with Gasteiger partial charge in [-0.3, -0.25) is 4.79 Å². The molecule has 5 heteroatoms. The Hall–Kier alpha value is -3.60. The van der Waals surface area contributed by atoms with Crippen molar-refractivity contribution in [1.82, 2.24) is 9.55 Å². The minimum Gasteiger partial charge on any atom is -0.489 e. The molecule has 0 amide bonds. The molecule has 4 rings (SSSR count). The van der Waals surface area contributed by atoms with Crippen molar-refractivity contribution in [3.05, 3.63) is 89.2 Å². The maximum atomic E-state index is 13.4. The summed E-state index contributed by atoms with van der Waals surface area (Å²) in [6.07, 6.45) is 2.50. The van der Waals surface area contributed by atoms with Gasteiger partial charge in [0.05, 0.1) is 24.4 Å². The summed E-state index contributed by atoms with van der Waals surface area (Å²) < 4.78 is 13.2. The van der Waals surface area contributed by atoms with Crippen molar-refractivity contribution >= 4 is 16.7 Å². The number of hydrogen-bond donors (Lipinski definition) is 0. The summed E-state index contributed by atoms with van der Waals surface area (Å²) in [5, 5.41) is 0.857. The van der Waals surface area contributed by atoms with Crippen LogP contribution in [0.2, 0.25) is 0 Å². The number of methoxy groups -OCH3 is 1. The zero-order valence-electron chi connectivity index (χ0n) is 17.4. The molecule has 2 heterocycles. The van der Waals surface area contributed by atoms with Crippen LogP contribution in [0, 0.1) is 0 Å². The number of ether oxygens (including phenoxy) is 2. The largest absolute Gasteiger partial charge is 0.489 e. The van der Waals surface area contributed by atoms with E-state index < -0.39 is 0 Å². The molecule has 2 aromatic carbocycles. The number of pyridine rings is 1. The second-order valence-electron chi connectivity index (χ2n) is 7.11. The van der Waals surface area contributed by atoms with Gasteiger partial charge in [0.2, 0.25) is 5.88 Å². The Bertz CT molecular complexity index is 1180. The molecule has 0 atom stereocenters. The maximum Gasteiger partial charge on any atom is 0.213 e. The Labute approximate surface area is 175 Å². The number of aryl methyl sites for hydroxylation is 1. The molecule has 0 fully saturated rings. The molecule has 30 heavy (non-hydrogen) atoms. The zero-order valence-corrected chi connectivity index (χ0v) is 17.4. The summed E-state index contributed by atoms with van der Waals surface area (Å²) in [5.74, 6) is 1.21. The van der Waals surface area contributed by atoms with E-state index in [9.17, 15) is 4.79 Å². The van der Waals surface area contributed by atoms with Crippen LogP contribution in [0.1, 0.15) is 34.1 Å². The number of fused-ring (bicyclic) bond motifs is 1. The minimum absolute atomic E-state index is 0.0136. The van der Waals surface area contributed by atoms with E-state index >= 15 is 0 Å². The summed E-state index contributed by atoms with van der Waals surface area (Å²) >= 11 is 0. The van der Waals surface area contributed by atoms with Gasteiger partial charge in [-0.25, -0.2) is 4.98 Å². The van der Waals surface area contributed by atoms with Gasteiger partial charge in [-0.15, -0.1) is 0 Å². The van der Waals surface area contributed by atoms with Crippen LogP contribution in [0.3, 0.4) is 0 Å². The van der Waals surface area contributed by atoms with Crippen LogP contribution in [0.5, 0.6) is 11.6 Å². The lowest BCUT2D eigenvalue weighted by Crippen LogP contribution is -2.06. The van der Waals surface area contributed by atoms with Gasteiger partial charge in [0.25, 0.3) is 0 Å². The summed E-state index contributed by atoms with van der Waals surface area (Å²) in [6.45, 7) is 2.54. The van der Waals surface area contributed by atoms with Crippen LogP contribution in [0.15, 0.2) is 66.9 Å². The molecule has 0 bridgehead atoms. The normalized spacial score (nSPS) is 10.9. The standard InChI is InChI=1S/C25H24N2O3/c1-4-21-24(20-14-23(29-3)26-15-22(20)27(21)2)25(28)18-10-12-19(13-11-18)30-16-17-8-6-5-7-9-17/h5-15H,4,16H2,1-3H3. The second kappa shape index (κ2) is 8.41. The number of hydrogen-bond acceptors (Lipinski definition) is 4. The predicted molar refractivity (Wildman–Crippen MR) is 117 cm³/mol. The minimum atomic E-state index is -0.0136. The monoisotopic (exact) mass is 400 g/mol. The Balaban J connectivity index is 1.63. The fourth-order valence-corrected chi connectivity index (χ4v) is 3.73. The molecular weight excluding hydrogens is 376 g/mol. The molecule has 0 aliphatic carbocycles. The fourth-order valence-electron chi connectivity index (χ4n) is 3.73. The molecule has 4 aromatic rings. The highest BCUT2D eigenvalue weighted by molar-refractivity contribution is 6.17. The number of ketones is 1. The van der Waals surface area contributed by atoms with E-state index in [1.807, 2.05) is 72.3 Å². The van der Waals surface area contributed by atoms with E-state index in [1.54, 1.807) is 13.3 Å². The van der Waals surface area contributed by atoms with Crippen LogP contribution in [0.25, 0.3) is 10.9 Å². The predicted octanol–water partition coefficient (Wildman–Crippen LogP) is 4.95. The topological polar surface area (TPSA) is 53.4 Å². The molecule has 2 aromatic heterocycles. The highest BCUT2D eigenvalue weighted by Crippen LogP contribution is 2.30. The average molecular weight is 400 g/mol. The third kappa shape index (κ3) is 3.66. The van der Waals surface area contributed by atoms with Gasteiger partial charge in [-0.1, -0.05) is 37.3 Å². The van der Waals surface area contributed by atoms with Crippen LogP contribution in [-0.2, 0) is 20.1 Å². The third-order valence-corrected chi connectivity index (χ3v) is 5.32. The van der Waals surface area contributed by atoms with Gasteiger partial charge < -0.3 is 14.0 Å². The number of carbonyl (C=O) groups is 1. The van der Waals surface area contributed by atoms with Crippen molar-refractivity contribution in [2.24, 2.45) is 7.05 Å². The number of carbonyl (C=O) groups excluding carboxylic acids is 1. The van der Waals surface area contributed by atoms with Gasteiger partial charge in [-0.2, -0.15) is 0 Å². The molecule has 0 spiro atoms. The first kappa shape index (κ1) is 19.7. The lowest BCUT2D eigenvalue weighted by Gasteiger charge is -2.08. The van der Waals surface area contributed by atoms with Crippen molar-refractivity contribution in [3.8, 4) is 11.6 Å². The van der Waals surface area contributed by atoms with Gasteiger partial charge in [0, 0.05) is 29.8 Å². The average Bonchev–Trinajstić information content (AvgIpc) is 3.09. The Morgan fingerprint density at radius 2 is 1.80 bits per heavy atom.